The van der Waals surface area contributed by atoms with E-state index in [1.165, 1.54) is 13.2 Å². The molecular weight excluding hydrogens is 285 g/mol. The minimum Gasteiger partial charge on any atom is -0.497 e. The summed E-state index contributed by atoms with van der Waals surface area (Å²) in [5.74, 6) is 0.236. The molecule has 116 valence electrons. The maximum absolute atomic E-state index is 14.3. The van der Waals surface area contributed by atoms with Crippen molar-refractivity contribution in [2.75, 3.05) is 12.4 Å². The molecule has 1 aromatic carbocycles. The van der Waals surface area contributed by atoms with Crippen LogP contribution in [-0.4, -0.2) is 23.2 Å². The summed E-state index contributed by atoms with van der Waals surface area (Å²) in [6, 6.07) is 4.61. The number of anilines is 1. The number of fused-ring (bicyclic) bond motifs is 1. The lowest BCUT2D eigenvalue weighted by atomic mass is 9.84. The zero-order valence-corrected chi connectivity index (χ0v) is 12.6. The van der Waals surface area contributed by atoms with Crippen molar-refractivity contribution in [1.29, 1.82) is 0 Å². The van der Waals surface area contributed by atoms with Gasteiger partial charge < -0.3 is 10.1 Å². The number of hydrogen-bond acceptors (Lipinski definition) is 3. The molecule has 0 bridgehead atoms. The molecule has 0 fully saturated rings. The van der Waals surface area contributed by atoms with Gasteiger partial charge in [-0.05, 0) is 30.2 Å². The Balaban J connectivity index is 2.12. The number of carbonyl (C=O) groups excluding carboxylic acids is 1. The van der Waals surface area contributed by atoms with Gasteiger partial charge in [0.05, 0.1) is 7.11 Å². The van der Waals surface area contributed by atoms with E-state index in [0.29, 0.717) is 17.1 Å². The first-order valence-corrected chi connectivity index (χ1v) is 7.34. The van der Waals surface area contributed by atoms with Crippen molar-refractivity contribution in [3.63, 3.8) is 0 Å². The second-order valence-electron chi connectivity index (χ2n) is 5.41. The number of ether oxygens (including phenoxy) is 1. The van der Waals surface area contributed by atoms with E-state index in [2.05, 4.69) is 22.4 Å². The molecule has 1 amide bonds. The Morgan fingerprint density at radius 3 is 3.00 bits per heavy atom. The fourth-order valence-electron chi connectivity index (χ4n) is 2.95. The Kier molecular flexibility index (Phi) is 3.83. The molecule has 2 N–H and O–H groups in total. The number of rotatable bonds is 4. The van der Waals surface area contributed by atoms with Gasteiger partial charge in [0.1, 0.15) is 11.6 Å². The fourth-order valence-corrected chi connectivity index (χ4v) is 2.95. The second-order valence-corrected chi connectivity index (χ2v) is 5.41. The molecule has 3 rings (SSSR count). The number of nitrogens with zero attached hydrogens (tertiary/aromatic N) is 1. The number of aromatic amines is 1. The average molecular weight is 303 g/mol. The Labute approximate surface area is 127 Å². The molecule has 5 nitrogen and oxygen atoms in total. The molecule has 22 heavy (non-hydrogen) atoms. The summed E-state index contributed by atoms with van der Waals surface area (Å²) in [5, 5.41) is 9.88. The van der Waals surface area contributed by atoms with Crippen molar-refractivity contribution in [1.82, 2.24) is 10.2 Å². The van der Waals surface area contributed by atoms with Crippen LogP contribution < -0.4 is 10.1 Å². The zero-order valence-electron chi connectivity index (χ0n) is 12.6. The molecule has 0 aliphatic carbocycles. The number of aryl methyl sites for hydroxylation is 1. The monoisotopic (exact) mass is 303 g/mol. The average Bonchev–Trinajstić information content (AvgIpc) is 2.90. The lowest BCUT2D eigenvalue weighted by Gasteiger charge is -2.24. The largest absolute Gasteiger partial charge is 0.497 e. The molecule has 0 saturated carbocycles. The van der Waals surface area contributed by atoms with E-state index in [-0.39, 0.29) is 24.1 Å². The third kappa shape index (κ3) is 2.45. The highest BCUT2D eigenvalue weighted by molar-refractivity contribution is 5.94. The lowest BCUT2D eigenvalue weighted by molar-refractivity contribution is -0.116. The Morgan fingerprint density at radius 2 is 2.27 bits per heavy atom. The van der Waals surface area contributed by atoms with Gasteiger partial charge >= 0.3 is 0 Å². The summed E-state index contributed by atoms with van der Waals surface area (Å²) >= 11 is 0. The smallest absolute Gasteiger partial charge is 0.226 e. The van der Waals surface area contributed by atoms with Gasteiger partial charge in [-0.15, -0.1) is 0 Å². The Morgan fingerprint density at radius 1 is 1.45 bits per heavy atom. The number of benzene rings is 1. The molecule has 1 aliphatic rings. The maximum atomic E-state index is 14.3. The van der Waals surface area contributed by atoms with E-state index < -0.39 is 0 Å². The van der Waals surface area contributed by atoms with E-state index in [4.69, 9.17) is 4.74 Å². The van der Waals surface area contributed by atoms with Gasteiger partial charge in [0.15, 0.2) is 5.82 Å². The van der Waals surface area contributed by atoms with Gasteiger partial charge in [-0.25, -0.2) is 4.39 Å². The van der Waals surface area contributed by atoms with E-state index in [0.717, 1.165) is 24.1 Å². The minimum atomic E-state index is -0.348. The summed E-state index contributed by atoms with van der Waals surface area (Å²) in [6.45, 7) is 2.07. The van der Waals surface area contributed by atoms with Gasteiger partial charge in [-0.3, -0.25) is 9.89 Å². The molecule has 1 aliphatic heterocycles. The topological polar surface area (TPSA) is 67.0 Å². The molecule has 2 heterocycles. The van der Waals surface area contributed by atoms with Crippen LogP contribution in [0.15, 0.2) is 18.2 Å². The van der Waals surface area contributed by atoms with Gasteiger partial charge in [0, 0.05) is 23.6 Å². The molecular formula is C16H18FN3O2. The zero-order chi connectivity index (χ0) is 15.7. The molecule has 1 unspecified atom stereocenters. The summed E-state index contributed by atoms with van der Waals surface area (Å²) in [4.78, 5) is 11.9. The van der Waals surface area contributed by atoms with Crippen molar-refractivity contribution < 1.29 is 13.9 Å². The van der Waals surface area contributed by atoms with Crippen LogP contribution in [0.4, 0.5) is 10.2 Å². The van der Waals surface area contributed by atoms with E-state index in [9.17, 15) is 9.18 Å². The molecule has 0 spiro atoms. The van der Waals surface area contributed by atoms with Gasteiger partial charge in [0.2, 0.25) is 5.91 Å². The number of carbonyl (C=O) groups is 1. The third-order valence-corrected chi connectivity index (χ3v) is 3.96. The quantitative estimate of drug-likeness (QED) is 0.912. The SMILES string of the molecule is CCCc1[nH]nc2c1C(c1cc(OC)ccc1F)CC(=O)N2. The van der Waals surface area contributed by atoms with Crippen molar-refractivity contribution in [3.05, 3.63) is 40.8 Å². The molecule has 2 aromatic rings. The number of methoxy groups -OCH3 is 1. The van der Waals surface area contributed by atoms with Crippen LogP contribution in [-0.2, 0) is 11.2 Å². The molecule has 0 radical (unpaired) electrons. The van der Waals surface area contributed by atoms with Gasteiger partial charge in [0.25, 0.3) is 0 Å². The number of hydrogen-bond donors (Lipinski definition) is 2. The first-order chi connectivity index (χ1) is 10.6. The standard InChI is InChI=1S/C16H18FN3O2/c1-3-4-13-15-11(8-14(21)18-16(15)20-19-13)10-7-9(22-2)5-6-12(10)17/h5-7,11H,3-4,8H2,1-2H3,(H2,18,19,20,21). The van der Waals surface area contributed by atoms with Crippen LogP contribution in [0.5, 0.6) is 5.75 Å². The van der Waals surface area contributed by atoms with E-state index in [1.54, 1.807) is 12.1 Å². The number of halogens is 1. The summed E-state index contributed by atoms with van der Waals surface area (Å²) < 4.78 is 19.5. The van der Waals surface area contributed by atoms with Crippen molar-refractivity contribution >= 4 is 11.7 Å². The molecule has 6 heteroatoms. The number of H-pyrrole nitrogens is 1. The predicted octanol–water partition coefficient (Wildman–Crippen LogP) is 2.98. The highest BCUT2D eigenvalue weighted by Gasteiger charge is 2.33. The van der Waals surface area contributed by atoms with Crippen LogP contribution in [0.2, 0.25) is 0 Å². The Hall–Kier alpha value is -2.37. The number of nitrogens with one attached hydrogen (secondary N) is 2. The van der Waals surface area contributed by atoms with Crippen LogP contribution >= 0.6 is 0 Å². The Bertz CT molecular complexity index is 711. The maximum Gasteiger partial charge on any atom is 0.226 e. The first kappa shape index (κ1) is 14.6. The van der Waals surface area contributed by atoms with E-state index >= 15 is 0 Å². The number of aromatic nitrogens is 2. The first-order valence-electron chi connectivity index (χ1n) is 7.34. The molecule has 1 aromatic heterocycles. The minimum absolute atomic E-state index is 0.158. The summed E-state index contributed by atoms with van der Waals surface area (Å²) in [5.41, 5.74) is 2.30. The van der Waals surface area contributed by atoms with E-state index in [1.807, 2.05) is 0 Å². The van der Waals surface area contributed by atoms with Crippen LogP contribution in [0.25, 0.3) is 0 Å². The normalized spacial score (nSPS) is 17.0. The molecule has 1 atom stereocenters. The van der Waals surface area contributed by atoms with Crippen molar-refractivity contribution in [3.8, 4) is 5.75 Å². The highest BCUT2D eigenvalue weighted by Crippen LogP contribution is 2.40. The summed E-state index contributed by atoms with van der Waals surface area (Å²) in [6.07, 6.45) is 1.95. The van der Waals surface area contributed by atoms with Crippen molar-refractivity contribution in [2.24, 2.45) is 0 Å². The fraction of sp³-hybridized carbons (Fsp3) is 0.375. The van der Waals surface area contributed by atoms with Crippen LogP contribution in [0, 0.1) is 5.82 Å². The van der Waals surface area contributed by atoms with Crippen LogP contribution in [0.3, 0.4) is 0 Å². The lowest BCUT2D eigenvalue weighted by Crippen LogP contribution is -2.24. The third-order valence-electron chi connectivity index (χ3n) is 3.96. The highest BCUT2D eigenvalue weighted by atomic mass is 19.1. The van der Waals surface area contributed by atoms with Crippen molar-refractivity contribution in [2.45, 2.75) is 32.1 Å². The van der Waals surface area contributed by atoms with Crippen LogP contribution in [0.1, 0.15) is 42.5 Å². The predicted molar refractivity (Wildman–Crippen MR) is 80.6 cm³/mol. The second kappa shape index (κ2) is 5.79. The molecule has 0 saturated heterocycles. The summed E-state index contributed by atoms with van der Waals surface area (Å²) in [7, 11) is 1.54. The van der Waals surface area contributed by atoms with Gasteiger partial charge in [-0.2, -0.15) is 5.10 Å². The van der Waals surface area contributed by atoms with Gasteiger partial charge in [-0.1, -0.05) is 13.3 Å². The number of amides is 1.